The zero-order valence-electron chi connectivity index (χ0n) is 28.1. The van der Waals surface area contributed by atoms with E-state index >= 15 is 0 Å². The summed E-state index contributed by atoms with van der Waals surface area (Å²) in [7, 11) is 4.65. The maximum atomic E-state index is 13.1. The van der Waals surface area contributed by atoms with Gasteiger partial charge in [-0.15, -0.1) is 0 Å². The minimum absolute atomic E-state index is 0.0680. The van der Waals surface area contributed by atoms with E-state index in [0.717, 1.165) is 52.9 Å². The second-order valence-electron chi connectivity index (χ2n) is 12.0. The summed E-state index contributed by atoms with van der Waals surface area (Å²) in [5, 5.41) is 4.14. The number of ether oxygens (including phenoxy) is 2. The van der Waals surface area contributed by atoms with Crippen molar-refractivity contribution in [3.63, 3.8) is 0 Å². The van der Waals surface area contributed by atoms with Crippen molar-refractivity contribution < 1.29 is 14.3 Å². The van der Waals surface area contributed by atoms with Crippen molar-refractivity contribution in [3.8, 4) is 28.3 Å². The monoisotopic (exact) mass is 683 g/mol. The third-order valence-electron chi connectivity index (χ3n) is 9.12. The summed E-state index contributed by atoms with van der Waals surface area (Å²) in [6, 6.07) is 13.2. The Morgan fingerprint density at radius 3 is 2.45 bits per heavy atom. The zero-order valence-corrected chi connectivity index (χ0v) is 28.9. The number of carbonyl (C=O) groups is 1. The number of benzene rings is 2. The van der Waals surface area contributed by atoms with Crippen LogP contribution >= 0.6 is 11.6 Å². The molecule has 254 valence electrons. The van der Waals surface area contributed by atoms with Gasteiger partial charge in [-0.3, -0.25) is 28.6 Å². The van der Waals surface area contributed by atoms with E-state index in [2.05, 4.69) is 15.2 Å². The van der Waals surface area contributed by atoms with Crippen molar-refractivity contribution in [3.05, 3.63) is 92.0 Å². The standard InChI is InChI=1S/C36H38ClN7O5/c1-6-49-35(46)22-14-17-44(18-15-22)20-28-33(48-5)41-27(19-39-28)25-11-7-10-24(31(25)37)23-9-8-12-26(21(23)2)40-32-30-29(13-16-38-32)42(3)36(47)43(4)34(30)45/h7-13,16,19,22H,6,14-15,17-18,20H2,1-5H3,(H,38,40). The predicted octanol–water partition coefficient (Wildman–Crippen LogP) is 5.25. The molecule has 0 saturated carbocycles. The van der Waals surface area contributed by atoms with Gasteiger partial charge in [-0.1, -0.05) is 41.9 Å². The molecule has 0 atom stereocenters. The minimum atomic E-state index is -0.431. The Kier molecular flexibility index (Phi) is 9.79. The van der Waals surface area contributed by atoms with E-state index < -0.39 is 11.2 Å². The number of nitrogens with zero attached hydrogens (tertiary/aromatic N) is 6. The number of piperidine rings is 1. The molecule has 5 aromatic rings. The molecule has 1 aliphatic heterocycles. The Morgan fingerprint density at radius 2 is 1.71 bits per heavy atom. The number of fused-ring (bicyclic) bond motifs is 1. The summed E-state index contributed by atoms with van der Waals surface area (Å²) in [6.07, 6.45) is 4.75. The number of methoxy groups -OCH3 is 1. The van der Waals surface area contributed by atoms with Crippen LogP contribution in [0.15, 0.2) is 64.4 Å². The number of hydrogen-bond acceptors (Lipinski definition) is 10. The highest BCUT2D eigenvalue weighted by atomic mass is 35.5. The molecular weight excluding hydrogens is 646 g/mol. The first-order chi connectivity index (χ1) is 23.6. The van der Waals surface area contributed by atoms with Crippen LogP contribution in [0.2, 0.25) is 5.02 Å². The van der Waals surface area contributed by atoms with E-state index in [9.17, 15) is 14.4 Å². The summed E-state index contributed by atoms with van der Waals surface area (Å²) in [4.78, 5) is 54.0. The smallest absolute Gasteiger partial charge is 0.330 e. The minimum Gasteiger partial charge on any atom is -0.480 e. The van der Waals surface area contributed by atoms with Crippen molar-refractivity contribution in [1.29, 1.82) is 0 Å². The van der Waals surface area contributed by atoms with Crippen molar-refractivity contribution in [1.82, 2.24) is 29.0 Å². The second-order valence-corrected chi connectivity index (χ2v) is 12.4. The number of anilines is 2. The van der Waals surface area contributed by atoms with Crippen molar-refractivity contribution in [2.24, 2.45) is 20.0 Å². The molecular formula is C36H38ClN7O5. The Hall–Kier alpha value is -5.07. The number of aromatic nitrogens is 5. The van der Waals surface area contributed by atoms with Gasteiger partial charge in [-0.05, 0) is 63.0 Å². The Balaban J connectivity index is 1.27. The number of esters is 1. The molecule has 0 bridgehead atoms. The van der Waals surface area contributed by atoms with E-state index in [0.29, 0.717) is 57.7 Å². The van der Waals surface area contributed by atoms with Gasteiger partial charge in [-0.25, -0.2) is 14.8 Å². The van der Waals surface area contributed by atoms with Crippen LogP contribution in [0.5, 0.6) is 5.88 Å². The average Bonchev–Trinajstić information content (AvgIpc) is 3.11. The van der Waals surface area contributed by atoms with Crippen molar-refractivity contribution >= 4 is 40.0 Å². The van der Waals surface area contributed by atoms with E-state index in [4.69, 9.17) is 31.0 Å². The molecule has 4 heterocycles. The molecule has 0 aliphatic carbocycles. The molecule has 1 aliphatic rings. The molecule has 0 amide bonds. The van der Waals surface area contributed by atoms with Gasteiger partial charge in [0, 0.05) is 43.7 Å². The first-order valence-electron chi connectivity index (χ1n) is 16.1. The van der Waals surface area contributed by atoms with E-state index in [1.807, 2.05) is 50.2 Å². The maximum absolute atomic E-state index is 13.1. The normalized spacial score (nSPS) is 13.8. The SMILES string of the molecule is CCOC(=O)C1CCN(Cc2ncc(-c3cccc(-c4cccc(Nc5nccc6c5c(=O)n(C)c(=O)n6C)c4C)c3Cl)nc2OC)CC1. The van der Waals surface area contributed by atoms with Gasteiger partial charge in [0.1, 0.15) is 16.9 Å². The number of carbonyl (C=O) groups excluding carboxylic acids is 1. The fourth-order valence-corrected chi connectivity index (χ4v) is 6.67. The fourth-order valence-electron chi connectivity index (χ4n) is 6.35. The van der Waals surface area contributed by atoms with Gasteiger partial charge in [0.25, 0.3) is 5.56 Å². The van der Waals surface area contributed by atoms with Crippen molar-refractivity contribution in [2.75, 3.05) is 32.1 Å². The molecule has 1 saturated heterocycles. The van der Waals surface area contributed by atoms with E-state index in [1.165, 1.54) is 11.6 Å². The van der Waals surface area contributed by atoms with E-state index in [1.54, 1.807) is 32.6 Å². The van der Waals surface area contributed by atoms with Crippen LogP contribution in [-0.2, 0) is 30.2 Å². The number of halogens is 1. The van der Waals surface area contributed by atoms with Crippen LogP contribution in [0.3, 0.4) is 0 Å². The predicted molar refractivity (Wildman–Crippen MR) is 189 cm³/mol. The maximum Gasteiger partial charge on any atom is 0.330 e. The Bertz CT molecular complexity index is 2170. The lowest BCUT2D eigenvalue weighted by Crippen LogP contribution is -2.37. The topological polar surface area (TPSA) is 133 Å². The first kappa shape index (κ1) is 33.8. The molecule has 6 rings (SSSR count). The van der Waals surface area contributed by atoms with Crippen LogP contribution < -0.4 is 21.3 Å². The molecule has 0 radical (unpaired) electrons. The highest BCUT2D eigenvalue weighted by Crippen LogP contribution is 2.39. The Morgan fingerprint density at radius 1 is 1.00 bits per heavy atom. The van der Waals surface area contributed by atoms with Gasteiger partial charge in [0.2, 0.25) is 5.88 Å². The number of aryl methyl sites for hydroxylation is 1. The zero-order chi connectivity index (χ0) is 34.8. The van der Waals surface area contributed by atoms with Crippen LogP contribution in [-0.4, -0.2) is 61.8 Å². The lowest BCUT2D eigenvalue weighted by atomic mass is 9.96. The van der Waals surface area contributed by atoms with Gasteiger partial charge in [-0.2, -0.15) is 0 Å². The number of pyridine rings is 1. The van der Waals surface area contributed by atoms with E-state index in [-0.39, 0.29) is 11.9 Å². The summed E-state index contributed by atoms with van der Waals surface area (Å²) in [5.41, 5.74) is 4.90. The number of nitrogens with one attached hydrogen (secondary N) is 1. The van der Waals surface area contributed by atoms with Gasteiger partial charge in [0.05, 0.1) is 42.1 Å². The van der Waals surface area contributed by atoms with Crippen LogP contribution in [0.1, 0.15) is 31.0 Å². The lowest BCUT2D eigenvalue weighted by Gasteiger charge is -2.30. The second kappa shape index (κ2) is 14.2. The molecule has 3 aromatic heterocycles. The highest BCUT2D eigenvalue weighted by Gasteiger charge is 2.27. The quantitative estimate of drug-likeness (QED) is 0.206. The highest BCUT2D eigenvalue weighted by molar-refractivity contribution is 6.36. The summed E-state index contributed by atoms with van der Waals surface area (Å²) < 4.78 is 13.4. The molecule has 13 heteroatoms. The molecule has 0 unspecified atom stereocenters. The van der Waals surface area contributed by atoms with Crippen LogP contribution in [0.25, 0.3) is 33.3 Å². The fraction of sp³-hybridized carbons (Fsp3) is 0.333. The lowest BCUT2D eigenvalue weighted by molar-refractivity contribution is -0.149. The third kappa shape index (κ3) is 6.53. The summed E-state index contributed by atoms with van der Waals surface area (Å²) >= 11 is 7.10. The number of hydrogen-bond donors (Lipinski definition) is 1. The van der Waals surface area contributed by atoms with Gasteiger partial charge < -0.3 is 14.8 Å². The van der Waals surface area contributed by atoms with Gasteiger partial charge in [0.15, 0.2) is 0 Å². The van der Waals surface area contributed by atoms with Crippen molar-refractivity contribution in [2.45, 2.75) is 33.2 Å². The summed E-state index contributed by atoms with van der Waals surface area (Å²) in [6.45, 7) is 6.24. The molecule has 49 heavy (non-hydrogen) atoms. The average molecular weight is 684 g/mol. The first-order valence-corrected chi connectivity index (χ1v) is 16.5. The summed E-state index contributed by atoms with van der Waals surface area (Å²) in [5.74, 6) is 0.575. The molecule has 12 nitrogen and oxygen atoms in total. The molecule has 1 N–H and O–H groups in total. The molecule has 0 spiro atoms. The molecule has 1 fully saturated rings. The molecule has 2 aromatic carbocycles. The van der Waals surface area contributed by atoms with Crippen LogP contribution in [0.4, 0.5) is 11.5 Å². The number of likely N-dealkylation sites (tertiary alicyclic amines) is 1. The number of rotatable bonds is 9. The third-order valence-corrected chi connectivity index (χ3v) is 9.53. The largest absolute Gasteiger partial charge is 0.480 e. The Labute approximate surface area is 288 Å². The van der Waals surface area contributed by atoms with Gasteiger partial charge >= 0.3 is 11.7 Å². The van der Waals surface area contributed by atoms with Crippen LogP contribution in [0, 0.1) is 12.8 Å².